The summed E-state index contributed by atoms with van der Waals surface area (Å²) < 4.78 is 0. The van der Waals surface area contributed by atoms with Gasteiger partial charge in [-0.2, -0.15) is 0 Å². The zero-order chi connectivity index (χ0) is 16.1. The van der Waals surface area contributed by atoms with Crippen LogP contribution in [0.25, 0.3) is 0 Å². The summed E-state index contributed by atoms with van der Waals surface area (Å²) in [6.45, 7) is 3.82. The average Bonchev–Trinajstić information content (AvgIpc) is 2.57. The Hall–Kier alpha value is -1.88. The van der Waals surface area contributed by atoms with Crippen LogP contribution in [0.1, 0.15) is 18.4 Å². The second-order valence-electron chi connectivity index (χ2n) is 6.57. The van der Waals surface area contributed by atoms with E-state index in [1.165, 1.54) is 5.56 Å². The minimum absolute atomic E-state index is 0.0498. The molecule has 0 unspecified atom stereocenters. The maximum Gasteiger partial charge on any atom is 0.239 e. The fourth-order valence-electron chi connectivity index (χ4n) is 3.44. The third-order valence-corrected chi connectivity index (χ3v) is 4.82. The van der Waals surface area contributed by atoms with Crippen LogP contribution in [0.15, 0.2) is 30.3 Å². The largest absolute Gasteiger partial charge is 0.353 e. The maximum absolute atomic E-state index is 12.3. The van der Waals surface area contributed by atoms with Gasteiger partial charge in [0.25, 0.3) is 0 Å². The molecular formula is C18H25N3O2. The van der Waals surface area contributed by atoms with Crippen molar-refractivity contribution in [3.8, 4) is 0 Å². The van der Waals surface area contributed by atoms with Crippen molar-refractivity contribution in [2.75, 3.05) is 39.3 Å². The van der Waals surface area contributed by atoms with Gasteiger partial charge in [-0.1, -0.05) is 30.3 Å². The molecule has 0 atom stereocenters. The van der Waals surface area contributed by atoms with E-state index in [0.29, 0.717) is 25.6 Å². The maximum atomic E-state index is 12.3. The zero-order valence-electron chi connectivity index (χ0n) is 13.5. The highest BCUT2D eigenvalue weighted by Crippen LogP contribution is 2.21. The van der Waals surface area contributed by atoms with Crippen molar-refractivity contribution < 1.29 is 9.59 Å². The number of benzene rings is 1. The molecular weight excluding hydrogens is 290 g/mol. The summed E-state index contributed by atoms with van der Waals surface area (Å²) in [6, 6.07) is 10.6. The summed E-state index contributed by atoms with van der Waals surface area (Å²) in [5.74, 6) is 0.747. The summed E-state index contributed by atoms with van der Waals surface area (Å²) in [7, 11) is 0. The molecule has 0 aromatic heterocycles. The number of carbonyl (C=O) groups is 2. The summed E-state index contributed by atoms with van der Waals surface area (Å²) in [6.07, 6.45) is 3.42. The van der Waals surface area contributed by atoms with Crippen LogP contribution in [0.2, 0.25) is 0 Å². The van der Waals surface area contributed by atoms with E-state index in [1.807, 2.05) is 0 Å². The molecule has 23 heavy (non-hydrogen) atoms. The SMILES string of the molecule is O=C1CN(C(=O)CN2CCC(Cc3ccccc3)CC2)CCN1. The van der Waals surface area contributed by atoms with E-state index in [-0.39, 0.29) is 18.4 Å². The number of nitrogens with one attached hydrogen (secondary N) is 1. The number of hydrogen-bond donors (Lipinski definition) is 1. The van der Waals surface area contributed by atoms with Crippen molar-refractivity contribution in [2.45, 2.75) is 19.3 Å². The molecule has 2 amide bonds. The van der Waals surface area contributed by atoms with Gasteiger partial charge in [-0.15, -0.1) is 0 Å². The molecule has 2 aliphatic heterocycles. The van der Waals surface area contributed by atoms with Crippen LogP contribution >= 0.6 is 0 Å². The first-order valence-electron chi connectivity index (χ1n) is 8.51. The van der Waals surface area contributed by atoms with E-state index >= 15 is 0 Å². The van der Waals surface area contributed by atoms with Gasteiger partial charge in [-0.25, -0.2) is 0 Å². The minimum Gasteiger partial charge on any atom is -0.353 e. The normalized spacial score (nSPS) is 20.3. The monoisotopic (exact) mass is 315 g/mol. The highest BCUT2D eigenvalue weighted by atomic mass is 16.2. The van der Waals surface area contributed by atoms with Crippen LogP contribution in [0, 0.1) is 5.92 Å². The van der Waals surface area contributed by atoms with Gasteiger partial charge in [0.05, 0.1) is 13.1 Å². The predicted molar refractivity (Wildman–Crippen MR) is 88.9 cm³/mol. The van der Waals surface area contributed by atoms with Gasteiger partial charge in [0.15, 0.2) is 0 Å². The van der Waals surface area contributed by atoms with Crippen molar-refractivity contribution in [3.63, 3.8) is 0 Å². The molecule has 2 aliphatic rings. The first kappa shape index (κ1) is 16.0. The molecule has 0 bridgehead atoms. The van der Waals surface area contributed by atoms with Gasteiger partial charge in [0.1, 0.15) is 0 Å². The molecule has 5 nitrogen and oxygen atoms in total. The standard InChI is InChI=1S/C18H25N3O2/c22-17-13-21(11-8-19-17)18(23)14-20-9-6-16(7-10-20)12-15-4-2-1-3-5-15/h1-5,16H,6-14H2,(H,19,22). The number of carbonyl (C=O) groups excluding carboxylic acids is 2. The number of piperazine rings is 1. The molecule has 5 heteroatoms. The summed E-state index contributed by atoms with van der Waals surface area (Å²) >= 11 is 0. The molecule has 3 rings (SSSR count). The fraction of sp³-hybridized carbons (Fsp3) is 0.556. The van der Waals surface area contributed by atoms with E-state index in [0.717, 1.165) is 32.4 Å². The van der Waals surface area contributed by atoms with Gasteiger partial charge < -0.3 is 10.2 Å². The Morgan fingerprint density at radius 1 is 1.13 bits per heavy atom. The van der Waals surface area contributed by atoms with Crippen LogP contribution in [-0.2, 0) is 16.0 Å². The topological polar surface area (TPSA) is 52.7 Å². The fourth-order valence-corrected chi connectivity index (χ4v) is 3.44. The van der Waals surface area contributed by atoms with Gasteiger partial charge in [0, 0.05) is 13.1 Å². The second kappa shape index (κ2) is 7.59. The average molecular weight is 315 g/mol. The number of nitrogens with zero attached hydrogens (tertiary/aromatic N) is 2. The Balaban J connectivity index is 1.42. The molecule has 2 fully saturated rings. The van der Waals surface area contributed by atoms with Crippen molar-refractivity contribution in [1.29, 1.82) is 0 Å². The Bertz CT molecular complexity index is 538. The third-order valence-electron chi connectivity index (χ3n) is 4.82. The zero-order valence-corrected chi connectivity index (χ0v) is 13.5. The number of piperidine rings is 1. The van der Waals surface area contributed by atoms with Crippen LogP contribution in [0.3, 0.4) is 0 Å². The van der Waals surface area contributed by atoms with E-state index in [9.17, 15) is 9.59 Å². The molecule has 2 saturated heterocycles. The van der Waals surface area contributed by atoms with Gasteiger partial charge in [-0.05, 0) is 43.8 Å². The molecule has 124 valence electrons. The Morgan fingerprint density at radius 2 is 1.87 bits per heavy atom. The van der Waals surface area contributed by atoms with E-state index in [2.05, 4.69) is 40.5 Å². The first-order valence-corrected chi connectivity index (χ1v) is 8.51. The number of rotatable bonds is 4. The number of likely N-dealkylation sites (tertiary alicyclic amines) is 1. The molecule has 1 aromatic carbocycles. The highest BCUT2D eigenvalue weighted by Gasteiger charge is 2.25. The molecule has 1 N–H and O–H groups in total. The highest BCUT2D eigenvalue weighted by molar-refractivity contribution is 5.86. The lowest BCUT2D eigenvalue weighted by molar-refractivity contribution is -0.139. The first-order chi connectivity index (χ1) is 11.2. The van der Waals surface area contributed by atoms with Gasteiger partial charge in [0.2, 0.25) is 11.8 Å². The van der Waals surface area contributed by atoms with Crippen molar-refractivity contribution in [3.05, 3.63) is 35.9 Å². The number of amides is 2. The Morgan fingerprint density at radius 3 is 2.57 bits per heavy atom. The molecule has 1 aromatic rings. The van der Waals surface area contributed by atoms with Gasteiger partial charge >= 0.3 is 0 Å². The van der Waals surface area contributed by atoms with E-state index < -0.39 is 0 Å². The third kappa shape index (κ3) is 4.55. The van der Waals surface area contributed by atoms with Crippen molar-refractivity contribution in [2.24, 2.45) is 5.92 Å². The molecule has 0 spiro atoms. The quantitative estimate of drug-likeness (QED) is 0.898. The van der Waals surface area contributed by atoms with Crippen LogP contribution < -0.4 is 5.32 Å². The van der Waals surface area contributed by atoms with Gasteiger partial charge in [-0.3, -0.25) is 14.5 Å². The van der Waals surface area contributed by atoms with Crippen LogP contribution in [-0.4, -0.2) is 60.9 Å². The lowest BCUT2D eigenvalue weighted by Crippen LogP contribution is -2.52. The lowest BCUT2D eigenvalue weighted by atomic mass is 9.90. The smallest absolute Gasteiger partial charge is 0.239 e. The lowest BCUT2D eigenvalue weighted by Gasteiger charge is -2.34. The molecule has 0 aliphatic carbocycles. The second-order valence-corrected chi connectivity index (χ2v) is 6.57. The van der Waals surface area contributed by atoms with E-state index in [1.54, 1.807) is 4.90 Å². The molecule has 0 saturated carbocycles. The molecule has 0 radical (unpaired) electrons. The summed E-state index contributed by atoms with van der Waals surface area (Å²) in [5, 5.41) is 2.75. The molecule has 2 heterocycles. The number of hydrogen-bond acceptors (Lipinski definition) is 3. The minimum atomic E-state index is -0.0498. The van der Waals surface area contributed by atoms with Crippen LogP contribution in [0.4, 0.5) is 0 Å². The van der Waals surface area contributed by atoms with Crippen molar-refractivity contribution in [1.82, 2.24) is 15.1 Å². The van der Waals surface area contributed by atoms with E-state index in [4.69, 9.17) is 0 Å². The van der Waals surface area contributed by atoms with Crippen molar-refractivity contribution >= 4 is 11.8 Å². The summed E-state index contributed by atoms with van der Waals surface area (Å²) in [5.41, 5.74) is 1.40. The Labute approximate surface area is 137 Å². The Kier molecular flexibility index (Phi) is 5.28. The van der Waals surface area contributed by atoms with Crippen LogP contribution in [0.5, 0.6) is 0 Å². The summed E-state index contributed by atoms with van der Waals surface area (Å²) in [4.78, 5) is 27.6. The predicted octanol–water partition coefficient (Wildman–Crippen LogP) is 0.900.